The standard InChI is InChI=1S/C33H32O11/c1-8-43-19(36)11-44-33-18(35)9-16-24(21(33)13(4)5)27(37)14(6)22(29(16)39)23-15(7)28(38)26-20(12(2)3)32(42)30(40)17(10-34)25(26)31(23)41/h9-10,12-13,35,37,39H,8,11H2,1-7H3. The Morgan fingerprint density at radius 2 is 1.41 bits per heavy atom. The lowest BCUT2D eigenvalue weighted by molar-refractivity contribution is -0.145. The van der Waals surface area contributed by atoms with Crippen molar-refractivity contribution in [3.63, 3.8) is 0 Å². The number of esters is 1. The number of carbonyl (C=O) groups excluding carboxylic acids is 2. The molecule has 0 atom stereocenters. The first-order valence-corrected chi connectivity index (χ1v) is 14.0. The molecule has 0 fully saturated rings. The number of carbonyl (C=O) groups is 2. The molecule has 0 spiro atoms. The number of hydrogen-bond donors (Lipinski definition) is 3. The van der Waals surface area contributed by atoms with Crippen LogP contribution in [0.1, 0.15) is 79.1 Å². The van der Waals surface area contributed by atoms with Crippen LogP contribution in [0.5, 0.6) is 23.0 Å². The number of benzene rings is 4. The van der Waals surface area contributed by atoms with Gasteiger partial charge in [0.1, 0.15) is 11.5 Å². The summed E-state index contributed by atoms with van der Waals surface area (Å²) in [5, 5.41) is 34.1. The molecule has 3 N–H and O–H groups in total. The van der Waals surface area contributed by atoms with E-state index >= 15 is 0 Å². The molecule has 230 valence electrons. The Kier molecular flexibility index (Phi) is 8.37. The summed E-state index contributed by atoms with van der Waals surface area (Å²) in [6.45, 7) is 10.5. The van der Waals surface area contributed by atoms with Gasteiger partial charge in [-0.2, -0.15) is 0 Å². The Bertz CT molecular complexity index is 2040. The Morgan fingerprint density at radius 1 is 0.795 bits per heavy atom. The lowest BCUT2D eigenvalue weighted by atomic mass is 9.81. The van der Waals surface area contributed by atoms with Crippen LogP contribution in [0, 0.1) is 13.8 Å². The fraction of sp³-hybridized carbons (Fsp3) is 0.333. The number of rotatable bonds is 8. The molecule has 0 amide bonds. The molecule has 4 rings (SSSR count). The van der Waals surface area contributed by atoms with Gasteiger partial charge < -0.3 is 24.8 Å². The lowest BCUT2D eigenvalue weighted by Gasteiger charge is -2.23. The minimum absolute atomic E-state index is 0.0302. The minimum atomic E-state index is -1.22. The van der Waals surface area contributed by atoms with Crippen molar-refractivity contribution in [2.45, 2.75) is 60.3 Å². The Labute approximate surface area is 251 Å². The van der Waals surface area contributed by atoms with E-state index in [1.165, 1.54) is 13.8 Å². The SMILES string of the molecule is CCOC(=O)COc1c(O)cc2c(O)c(-c3c(C)c(=O)c4c(C(C)C)c(=O)c(=O)c(C=O)c-4c3=O)c(C)c(O)c2c1C(C)C. The highest BCUT2D eigenvalue weighted by Crippen LogP contribution is 2.51. The van der Waals surface area contributed by atoms with E-state index in [-0.39, 0.29) is 68.4 Å². The molecule has 0 saturated heterocycles. The fourth-order valence-electron chi connectivity index (χ4n) is 5.85. The number of hydrogen-bond acceptors (Lipinski definition) is 11. The second-order valence-corrected chi connectivity index (χ2v) is 11.2. The zero-order chi connectivity index (χ0) is 32.9. The predicted molar refractivity (Wildman–Crippen MR) is 164 cm³/mol. The van der Waals surface area contributed by atoms with Gasteiger partial charge >= 0.3 is 5.97 Å². The Balaban J connectivity index is 2.19. The van der Waals surface area contributed by atoms with Crippen molar-refractivity contribution in [2.24, 2.45) is 0 Å². The molecular weight excluding hydrogens is 572 g/mol. The van der Waals surface area contributed by atoms with Crippen molar-refractivity contribution in [1.29, 1.82) is 0 Å². The molecular formula is C33H32O11. The number of ether oxygens (including phenoxy) is 2. The van der Waals surface area contributed by atoms with Gasteiger partial charge in [-0.15, -0.1) is 0 Å². The van der Waals surface area contributed by atoms with Crippen molar-refractivity contribution >= 4 is 23.0 Å². The molecule has 0 heterocycles. The van der Waals surface area contributed by atoms with Crippen molar-refractivity contribution in [3.05, 3.63) is 74.8 Å². The molecule has 0 unspecified atom stereocenters. The van der Waals surface area contributed by atoms with Crippen LogP contribution >= 0.6 is 0 Å². The molecule has 2 aromatic rings. The van der Waals surface area contributed by atoms with Gasteiger partial charge in [-0.25, -0.2) is 4.79 Å². The van der Waals surface area contributed by atoms with Crippen molar-refractivity contribution in [2.75, 3.05) is 13.2 Å². The van der Waals surface area contributed by atoms with E-state index < -0.39 is 74.5 Å². The molecule has 11 nitrogen and oxygen atoms in total. The van der Waals surface area contributed by atoms with E-state index in [1.807, 2.05) is 0 Å². The Hall–Kier alpha value is -5.06. The zero-order valence-electron chi connectivity index (χ0n) is 25.3. The molecule has 0 aromatic heterocycles. The summed E-state index contributed by atoms with van der Waals surface area (Å²) in [5.41, 5.74) is -6.41. The lowest BCUT2D eigenvalue weighted by Crippen LogP contribution is -2.38. The number of phenols is 3. The van der Waals surface area contributed by atoms with Gasteiger partial charge in [0.2, 0.25) is 10.9 Å². The molecule has 2 aliphatic rings. The molecule has 0 saturated carbocycles. The van der Waals surface area contributed by atoms with E-state index in [2.05, 4.69) is 0 Å². The summed E-state index contributed by atoms with van der Waals surface area (Å²) in [4.78, 5) is 77.6. The summed E-state index contributed by atoms with van der Waals surface area (Å²) in [6.07, 6.45) is 0.0610. The molecule has 0 bridgehead atoms. The first-order valence-electron chi connectivity index (χ1n) is 14.0. The first-order chi connectivity index (χ1) is 20.6. The highest BCUT2D eigenvalue weighted by atomic mass is 16.6. The number of phenolic OH excluding ortho intramolecular Hbond substituents is 3. The average molecular weight is 605 g/mol. The van der Waals surface area contributed by atoms with Gasteiger partial charge in [0.05, 0.1) is 12.2 Å². The van der Waals surface area contributed by atoms with E-state index in [1.54, 1.807) is 34.6 Å². The monoisotopic (exact) mass is 604 g/mol. The van der Waals surface area contributed by atoms with Crippen molar-refractivity contribution in [3.8, 4) is 45.3 Å². The van der Waals surface area contributed by atoms with Gasteiger partial charge in [-0.3, -0.25) is 24.0 Å². The molecule has 44 heavy (non-hydrogen) atoms. The predicted octanol–water partition coefficient (Wildman–Crippen LogP) is 3.66. The van der Waals surface area contributed by atoms with Crippen LogP contribution in [0.25, 0.3) is 33.0 Å². The maximum atomic E-state index is 14.1. The molecule has 2 aromatic carbocycles. The third-order valence-corrected chi connectivity index (χ3v) is 7.80. The molecule has 0 aliphatic heterocycles. The zero-order valence-corrected chi connectivity index (χ0v) is 25.3. The van der Waals surface area contributed by atoms with E-state index in [0.29, 0.717) is 0 Å². The van der Waals surface area contributed by atoms with E-state index in [0.717, 1.165) is 6.07 Å². The molecule has 2 aliphatic carbocycles. The highest BCUT2D eigenvalue weighted by molar-refractivity contribution is 6.06. The quantitative estimate of drug-likeness (QED) is 0.116. The Morgan fingerprint density at radius 3 is 1.95 bits per heavy atom. The summed E-state index contributed by atoms with van der Waals surface area (Å²) >= 11 is 0. The number of fused-ring (bicyclic) bond motifs is 2. The minimum Gasteiger partial charge on any atom is -0.507 e. The van der Waals surface area contributed by atoms with Gasteiger partial charge in [0.25, 0.3) is 0 Å². The van der Waals surface area contributed by atoms with E-state index in [4.69, 9.17) is 9.47 Å². The van der Waals surface area contributed by atoms with Crippen LogP contribution in [-0.4, -0.2) is 40.8 Å². The molecule has 0 radical (unpaired) electrons. The normalized spacial score (nSPS) is 11.6. The van der Waals surface area contributed by atoms with Crippen LogP contribution in [-0.2, 0) is 9.53 Å². The van der Waals surface area contributed by atoms with Crippen LogP contribution in [0.15, 0.2) is 25.2 Å². The van der Waals surface area contributed by atoms with Crippen molar-refractivity contribution in [1.82, 2.24) is 0 Å². The van der Waals surface area contributed by atoms with Crippen LogP contribution in [0.2, 0.25) is 0 Å². The van der Waals surface area contributed by atoms with Gasteiger partial charge in [0.15, 0.2) is 35.2 Å². The summed E-state index contributed by atoms with van der Waals surface area (Å²) in [6, 6.07) is 1.09. The highest BCUT2D eigenvalue weighted by Gasteiger charge is 2.33. The topological polar surface area (TPSA) is 182 Å². The average Bonchev–Trinajstić information content (AvgIpc) is 2.95. The summed E-state index contributed by atoms with van der Waals surface area (Å²) in [5.74, 6) is -3.35. The largest absolute Gasteiger partial charge is 0.507 e. The fourth-order valence-corrected chi connectivity index (χ4v) is 5.85. The second kappa shape index (κ2) is 11.6. The maximum Gasteiger partial charge on any atom is 0.344 e. The summed E-state index contributed by atoms with van der Waals surface area (Å²) < 4.78 is 10.5. The molecule has 11 heteroatoms. The maximum absolute atomic E-state index is 14.1. The smallest absolute Gasteiger partial charge is 0.344 e. The van der Waals surface area contributed by atoms with Crippen molar-refractivity contribution < 1.29 is 34.4 Å². The first kappa shape index (κ1) is 31.9. The van der Waals surface area contributed by atoms with Crippen LogP contribution in [0.3, 0.4) is 0 Å². The number of aldehydes is 1. The third-order valence-electron chi connectivity index (χ3n) is 7.80. The van der Waals surface area contributed by atoms with Crippen LogP contribution in [0.4, 0.5) is 0 Å². The van der Waals surface area contributed by atoms with Gasteiger partial charge in [-0.1, -0.05) is 27.7 Å². The van der Waals surface area contributed by atoms with Crippen LogP contribution < -0.4 is 26.5 Å². The second-order valence-electron chi connectivity index (χ2n) is 11.2. The van der Waals surface area contributed by atoms with Gasteiger partial charge in [0, 0.05) is 55.3 Å². The number of aromatic hydroxyl groups is 3. The third kappa shape index (κ3) is 4.68. The van der Waals surface area contributed by atoms with E-state index in [9.17, 15) is 44.1 Å². The van der Waals surface area contributed by atoms with Gasteiger partial charge in [-0.05, 0) is 38.7 Å². The summed E-state index contributed by atoms with van der Waals surface area (Å²) in [7, 11) is 0.